The molecule has 5 nitrogen and oxygen atoms in total. The number of unbranched alkanes of at least 4 members (excludes halogenated alkanes) is 5. The van der Waals surface area contributed by atoms with Crippen LogP contribution < -0.4 is 9.47 Å². The van der Waals surface area contributed by atoms with E-state index in [9.17, 15) is 4.79 Å². The van der Waals surface area contributed by atoms with E-state index in [2.05, 4.69) is 30.1 Å². The second-order valence-corrected chi connectivity index (χ2v) is 8.97. The predicted molar refractivity (Wildman–Crippen MR) is 142 cm³/mol. The lowest BCUT2D eigenvalue weighted by molar-refractivity contribution is 0.0733. The van der Waals surface area contributed by atoms with E-state index in [1.165, 1.54) is 37.7 Å². The van der Waals surface area contributed by atoms with Crippen LogP contribution in [0.15, 0.2) is 70.9 Å². The van der Waals surface area contributed by atoms with Gasteiger partial charge in [-0.3, -0.25) is 0 Å². The maximum absolute atomic E-state index is 12.6. The van der Waals surface area contributed by atoms with Crippen LogP contribution >= 0.6 is 0 Å². The van der Waals surface area contributed by atoms with E-state index in [1.807, 2.05) is 44.2 Å². The lowest BCUT2D eigenvalue weighted by Crippen LogP contribution is -2.09. The molecule has 0 fully saturated rings. The summed E-state index contributed by atoms with van der Waals surface area (Å²) < 4.78 is 11.4. The summed E-state index contributed by atoms with van der Waals surface area (Å²) in [6, 6.07) is 18.6. The van der Waals surface area contributed by atoms with Gasteiger partial charge in [0.15, 0.2) is 0 Å². The number of benzene rings is 3. The summed E-state index contributed by atoms with van der Waals surface area (Å²) in [5, 5.41) is 8.69. The average molecular weight is 473 g/mol. The van der Waals surface area contributed by atoms with Crippen molar-refractivity contribution in [2.45, 2.75) is 66.2 Å². The molecular weight excluding hydrogens is 436 g/mol. The second-order valence-electron chi connectivity index (χ2n) is 8.97. The average Bonchev–Trinajstić information content (AvgIpc) is 2.85. The van der Waals surface area contributed by atoms with Crippen molar-refractivity contribution in [3.63, 3.8) is 0 Å². The number of azo groups is 1. The Balaban J connectivity index is 1.51. The van der Waals surface area contributed by atoms with Gasteiger partial charge in [-0.2, -0.15) is 10.2 Å². The van der Waals surface area contributed by atoms with E-state index in [0.717, 1.165) is 29.0 Å². The van der Waals surface area contributed by atoms with Crippen molar-refractivity contribution in [1.29, 1.82) is 0 Å². The van der Waals surface area contributed by atoms with Crippen LogP contribution in [0.2, 0.25) is 0 Å². The molecule has 3 rings (SSSR count). The first-order chi connectivity index (χ1) is 17.0. The SMILES string of the molecule is CCCCCCCCOc1ccc(C(=O)Oc2ccc(N=Nc3ccc(C)cc3C)cc2C)cc1. The van der Waals surface area contributed by atoms with Crippen LogP contribution in [0.3, 0.4) is 0 Å². The van der Waals surface area contributed by atoms with E-state index in [1.54, 1.807) is 24.3 Å². The first-order valence-corrected chi connectivity index (χ1v) is 12.5. The fourth-order valence-electron chi connectivity index (χ4n) is 3.76. The van der Waals surface area contributed by atoms with E-state index in [-0.39, 0.29) is 0 Å². The standard InChI is InChI=1S/C30H36N2O3/c1-5-6-7-8-9-10-19-34-27-15-12-25(13-16-27)30(33)35-29-18-14-26(21-24(29)4)31-32-28-17-11-22(2)20-23(28)3/h11-18,20-21H,5-10,19H2,1-4H3. The van der Waals surface area contributed by atoms with Gasteiger partial charge in [-0.25, -0.2) is 4.79 Å². The number of carbonyl (C=O) groups is 1. The normalized spacial score (nSPS) is 11.1. The summed E-state index contributed by atoms with van der Waals surface area (Å²) in [4.78, 5) is 12.6. The van der Waals surface area contributed by atoms with Gasteiger partial charge in [0, 0.05) is 0 Å². The molecule has 0 aliphatic heterocycles. The van der Waals surface area contributed by atoms with Crippen molar-refractivity contribution in [2.75, 3.05) is 6.61 Å². The van der Waals surface area contributed by atoms with Crippen LogP contribution in [0.4, 0.5) is 11.4 Å². The summed E-state index contributed by atoms with van der Waals surface area (Å²) >= 11 is 0. The summed E-state index contributed by atoms with van der Waals surface area (Å²) in [7, 11) is 0. The molecule has 0 N–H and O–H groups in total. The number of esters is 1. The zero-order valence-electron chi connectivity index (χ0n) is 21.3. The maximum atomic E-state index is 12.6. The molecule has 0 amide bonds. The van der Waals surface area contributed by atoms with E-state index < -0.39 is 5.97 Å². The van der Waals surface area contributed by atoms with Crippen LogP contribution in [0.5, 0.6) is 11.5 Å². The van der Waals surface area contributed by atoms with Crippen molar-refractivity contribution < 1.29 is 14.3 Å². The molecule has 0 aliphatic carbocycles. The fourth-order valence-corrected chi connectivity index (χ4v) is 3.76. The molecule has 35 heavy (non-hydrogen) atoms. The van der Waals surface area contributed by atoms with Gasteiger partial charge in [-0.1, -0.05) is 56.7 Å². The molecule has 3 aromatic rings. The number of carbonyl (C=O) groups excluding carboxylic acids is 1. The molecule has 3 aromatic carbocycles. The number of aryl methyl sites for hydroxylation is 3. The topological polar surface area (TPSA) is 60.2 Å². The Morgan fingerprint density at radius 2 is 1.51 bits per heavy atom. The highest BCUT2D eigenvalue weighted by molar-refractivity contribution is 5.91. The van der Waals surface area contributed by atoms with E-state index >= 15 is 0 Å². The number of hydrogen-bond donors (Lipinski definition) is 0. The molecule has 0 aliphatic rings. The van der Waals surface area contributed by atoms with Crippen molar-refractivity contribution in [2.24, 2.45) is 10.2 Å². The zero-order chi connectivity index (χ0) is 25.0. The molecule has 0 bridgehead atoms. The maximum Gasteiger partial charge on any atom is 0.343 e. The first-order valence-electron chi connectivity index (χ1n) is 12.5. The van der Waals surface area contributed by atoms with Crippen molar-refractivity contribution in [3.05, 3.63) is 82.9 Å². The monoisotopic (exact) mass is 472 g/mol. The van der Waals surface area contributed by atoms with Crippen molar-refractivity contribution >= 4 is 17.3 Å². The Morgan fingerprint density at radius 1 is 0.771 bits per heavy atom. The van der Waals surface area contributed by atoms with Gasteiger partial charge in [0.1, 0.15) is 11.5 Å². The van der Waals surface area contributed by atoms with E-state index in [4.69, 9.17) is 9.47 Å². The Kier molecular flexibility index (Phi) is 10.0. The Hall–Kier alpha value is -3.47. The van der Waals surface area contributed by atoms with Crippen molar-refractivity contribution in [1.82, 2.24) is 0 Å². The molecule has 0 heterocycles. The van der Waals surface area contributed by atoms with Crippen LogP contribution in [0.1, 0.15) is 72.5 Å². The van der Waals surface area contributed by atoms with Gasteiger partial charge in [-0.15, -0.1) is 0 Å². The molecule has 0 atom stereocenters. The lowest BCUT2D eigenvalue weighted by Gasteiger charge is -2.09. The first kappa shape index (κ1) is 26.1. The van der Waals surface area contributed by atoms with Crippen LogP contribution in [0.25, 0.3) is 0 Å². The smallest absolute Gasteiger partial charge is 0.343 e. The van der Waals surface area contributed by atoms with Gasteiger partial charge in [0.25, 0.3) is 0 Å². The Bertz CT molecular complexity index is 1140. The highest BCUT2D eigenvalue weighted by atomic mass is 16.5. The number of ether oxygens (including phenoxy) is 2. The third-order valence-corrected chi connectivity index (χ3v) is 5.84. The minimum Gasteiger partial charge on any atom is -0.494 e. The minimum absolute atomic E-state index is 0.403. The second kappa shape index (κ2) is 13.4. The largest absolute Gasteiger partial charge is 0.494 e. The molecule has 0 saturated heterocycles. The predicted octanol–water partition coefficient (Wildman–Crippen LogP) is 8.99. The molecule has 184 valence electrons. The van der Waals surface area contributed by atoms with Crippen LogP contribution in [-0.4, -0.2) is 12.6 Å². The lowest BCUT2D eigenvalue weighted by atomic mass is 10.1. The summed E-state index contributed by atoms with van der Waals surface area (Å²) in [5.41, 5.74) is 5.11. The molecule has 0 unspecified atom stereocenters. The summed E-state index contributed by atoms with van der Waals surface area (Å²) in [5.74, 6) is 0.869. The minimum atomic E-state index is -0.403. The molecule has 0 saturated carbocycles. The van der Waals surface area contributed by atoms with Crippen LogP contribution in [-0.2, 0) is 0 Å². The Labute approximate surface area is 209 Å². The van der Waals surface area contributed by atoms with Gasteiger partial charge in [0.2, 0.25) is 0 Å². The fraction of sp³-hybridized carbons (Fsp3) is 0.367. The van der Waals surface area contributed by atoms with Crippen LogP contribution in [0, 0.1) is 20.8 Å². The van der Waals surface area contributed by atoms with Gasteiger partial charge in [0.05, 0.1) is 23.5 Å². The highest BCUT2D eigenvalue weighted by Gasteiger charge is 2.11. The summed E-state index contributed by atoms with van der Waals surface area (Å²) in [6.07, 6.45) is 7.37. The highest BCUT2D eigenvalue weighted by Crippen LogP contribution is 2.27. The summed E-state index contributed by atoms with van der Waals surface area (Å²) in [6.45, 7) is 8.88. The van der Waals surface area contributed by atoms with Gasteiger partial charge < -0.3 is 9.47 Å². The molecule has 0 radical (unpaired) electrons. The molecular formula is C30H36N2O3. The van der Waals surface area contributed by atoms with E-state index in [0.29, 0.717) is 23.6 Å². The van der Waals surface area contributed by atoms with Crippen molar-refractivity contribution in [3.8, 4) is 11.5 Å². The van der Waals surface area contributed by atoms with Gasteiger partial charge >= 0.3 is 5.97 Å². The third kappa shape index (κ3) is 8.36. The molecule has 0 aromatic heterocycles. The zero-order valence-corrected chi connectivity index (χ0v) is 21.3. The third-order valence-electron chi connectivity index (χ3n) is 5.84. The Morgan fingerprint density at radius 3 is 2.23 bits per heavy atom. The van der Waals surface area contributed by atoms with Gasteiger partial charge in [-0.05, 0) is 86.8 Å². The number of hydrogen-bond acceptors (Lipinski definition) is 5. The quantitative estimate of drug-likeness (QED) is 0.114. The number of nitrogens with zero attached hydrogens (tertiary/aromatic N) is 2. The number of rotatable bonds is 12. The molecule has 5 heteroatoms. The molecule has 0 spiro atoms.